The summed E-state index contributed by atoms with van der Waals surface area (Å²) in [6, 6.07) is -0.611. The van der Waals surface area contributed by atoms with Crippen LogP contribution in [0.4, 0.5) is 4.79 Å². The fourth-order valence-electron chi connectivity index (χ4n) is 3.69. The molecule has 0 aliphatic rings. The van der Waals surface area contributed by atoms with Gasteiger partial charge in [0, 0.05) is 12.9 Å². The maximum absolute atomic E-state index is 12.6. The van der Waals surface area contributed by atoms with Crippen molar-refractivity contribution in [3.8, 4) is 0 Å². The Balaban J connectivity index is 3.91. The number of carbonyl (C=O) groups is 2. The van der Waals surface area contributed by atoms with E-state index in [1.807, 2.05) is 13.8 Å². The minimum absolute atomic E-state index is 0.259. The summed E-state index contributed by atoms with van der Waals surface area (Å²) in [5.74, 6) is 0.365. The zero-order chi connectivity index (χ0) is 24.0. The van der Waals surface area contributed by atoms with Crippen molar-refractivity contribution in [2.24, 2.45) is 5.92 Å². The Morgan fingerprint density at radius 2 is 1.22 bits per heavy atom. The minimum atomic E-state index is -0.611. The molecule has 0 N–H and O–H groups in total. The Bertz CT molecular complexity index is 459. The molecule has 0 saturated heterocycles. The molecule has 0 aromatic rings. The third-order valence-corrected chi connectivity index (χ3v) is 5.99. The zero-order valence-electron chi connectivity index (χ0n) is 21.3. The molecule has 0 rings (SSSR count). The number of hydrogen-bond donors (Lipinski definition) is 0. The van der Waals surface area contributed by atoms with Gasteiger partial charge in [0.15, 0.2) is 0 Å². The average molecular weight is 476 g/mol. The number of ether oxygens (including phenoxy) is 2. The molecule has 0 heterocycles. The number of unbranched alkanes of at least 4 members (excludes halogenated alkanes) is 12. The second-order valence-electron chi connectivity index (χ2n) is 9.32. The van der Waals surface area contributed by atoms with Crippen LogP contribution in [0.3, 0.4) is 0 Å². The number of esters is 1. The highest BCUT2D eigenvalue weighted by Crippen LogP contribution is 2.15. The molecule has 5 nitrogen and oxygen atoms in total. The van der Waals surface area contributed by atoms with Crippen molar-refractivity contribution in [1.82, 2.24) is 4.90 Å². The van der Waals surface area contributed by atoms with E-state index in [2.05, 4.69) is 6.92 Å². The van der Waals surface area contributed by atoms with E-state index in [1.165, 1.54) is 75.5 Å². The van der Waals surface area contributed by atoms with Crippen molar-refractivity contribution < 1.29 is 19.1 Å². The van der Waals surface area contributed by atoms with Crippen molar-refractivity contribution in [2.45, 2.75) is 123 Å². The Labute approximate surface area is 202 Å². The van der Waals surface area contributed by atoms with E-state index in [1.54, 1.807) is 7.05 Å². The molecule has 0 bridgehead atoms. The second-order valence-corrected chi connectivity index (χ2v) is 9.70. The summed E-state index contributed by atoms with van der Waals surface area (Å²) < 4.78 is 10.7. The van der Waals surface area contributed by atoms with Gasteiger partial charge in [-0.3, -0.25) is 4.90 Å². The lowest BCUT2D eigenvalue weighted by molar-refractivity contribution is -0.149. The van der Waals surface area contributed by atoms with Gasteiger partial charge in [-0.2, -0.15) is 0 Å². The highest BCUT2D eigenvalue weighted by Gasteiger charge is 2.29. The first-order valence-electron chi connectivity index (χ1n) is 13.1. The smallest absolute Gasteiger partial charge is 0.410 e. The van der Waals surface area contributed by atoms with Crippen LogP contribution in [0.5, 0.6) is 0 Å². The molecule has 1 amide bonds. The molecule has 32 heavy (non-hydrogen) atoms. The van der Waals surface area contributed by atoms with Gasteiger partial charge in [0.05, 0.1) is 13.2 Å². The maximum atomic E-state index is 12.6. The molecule has 1 atom stereocenters. The van der Waals surface area contributed by atoms with Gasteiger partial charge in [0.2, 0.25) is 0 Å². The van der Waals surface area contributed by atoms with E-state index in [9.17, 15) is 9.59 Å². The quantitative estimate of drug-likeness (QED) is 0.0967. The second kappa shape index (κ2) is 21.9. The summed E-state index contributed by atoms with van der Waals surface area (Å²) in [6.45, 7) is 6.99. The Morgan fingerprint density at radius 1 is 0.750 bits per heavy atom. The molecule has 0 spiro atoms. The van der Waals surface area contributed by atoms with Crippen LogP contribution >= 0.6 is 11.6 Å². The topological polar surface area (TPSA) is 55.8 Å². The monoisotopic (exact) mass is 475 g/mol. The number of amides is 1. The van der Waals surface area contributed by atoms with Gasteiger partial charge in [0.1, 0.15) is 6.04 Å². The molecule has 0 aromatic carbocycles. The predicted octanol–water partition coefficient (Wildman–Crippen LogP) is 7.73. The molecule has 0 aliphatic heterocycles. The molecule has 0 unspecified atom stereocenters. The maximum Gasteiger partial charge on any atom is 0.410 e. The number of carbonyl (C=O) groups excluding carboxylic acids is 2. The van der Waals surface area contributed by atoms with E-state index >= 15 is 0 Å². The molecular formula is C26H50ClNO4. The highest BCUT2D eigenvalue weighted by molar-refractivity contribution is 6.17. The minimum Gasteiger partial charge on any atom is -0.464 e. The first kappa shape index (κ1) is 31.0. The van der Waals surface area contributed by atoms with Crippen LogP contribution in [0.1, 0.15) is 117 Å². The fourth-order valence-corrected chi connectivity index (χ4v) is 3.80. The lowest BCUT2D eigenvalue weighted by atomic mass is 10.0. The number of halogens is 1. The lowest BCUT2D eigenvalue weighted by Gasteiger charge is -2.27. The average Bonchev–Trinajstić information content (AvgIpc) is 2.77. The van der Waals surface area contributed by atoms with Crippen LogP contribution in [0, 0.1) is 5.92 Å². The van der Waals surface area contributed by atoms with E-state index < -0.39 is 12.1 Å². The highest BCUT2D eigenvalue weighted by atomic mass is 35.5. The fraction of sp³-hybridized carbons (Fsp3) is 0.923. The molecular weight excluding hydrogens is 426 g/mol. The van der Waals surface area contributed by atoms with Gasteiger partial charge in [-0.05, 0) is 25.2 Å². The van der Waals surface area contributed by atoms with E-state index in [4.69, 9.17) is 21.1 Å². The third kappa shape index (κ3) is 17.6. The van der Waals surface area contributed by atoms with Crippen LogP contribution in [-0.2, 0) is 14.3 Å². The molecule has 0 saturated carbocycles. The summed E-state index contributed by atoms with van der Waals surface area (Å²) >= 11 is 5.62. The van der Waals surface area contributed by atoms with Crippen LogP contribution in [-0.4, -0.2) is 49.1 Å². The first-order chi connectivity index (χ1) is 15.4. The van der Waals surface area contributed by atoms with Gasteiger partial charge in [0.25, 0.3) is 0 Å². The van der Waals surface area contributed by atoms with Gasteiger partial charge in [-0.15, -0.1) is 11.6 Å². The summed E-state index contributed by atoms with van der Waals surface area (Å²) in [6.07, 6.45) is 17.3. The molecule has 0 aromatic heterocycles. The van der Waals surface area contributed by atoms with Crippen LogP contribution in [0.15, 0.2) is 0 Å². The van der Waals surface area contributed by atoms with Crippen molar-refractivity contribution in [3.05, 3.63) is 0 Å². The Kier molecular flexibility index (Phi) is 21.2. The lowest BCUT2D eigenvalue weighted by Crippen LogP contribution is -2.44. The number of hydrogen-bond acceptors (Lipinski definition) is 4. The van der Waals surface area contributed by atoms with Crippen molar-refractivity contribution in [1.29, 1.82) is 0 Å². The summed E-state index contributed by atoms with van der Waals surface area (Å²) in [4.78, 5) is 26.1. The van der Waals surface area contributed by atoms with Crippen molar-refractivity contribution in [2.75, 3.05) is 26.1 Å². The third-order valence-electron chi connectivity index (χ3n) is 5.72. The normalized spacial score (nSPS) is 12.1. The Hall–Kier alpha value is -0.970. The number of rotatable bonds is 21. The van der Waals surface area contributed by atoms with Crippen molar-refractivity contribution in [3.63, 3.8) is 0 Å². The molecule has 190 valence electrons. The van der Waals surface area contributed by atoms with Gasteiger partial charge in [-0.25, -0.2) is 9.59 Å². The van der Waals surface area contributed by atoms with Gasteiger partial charge in [-0.1, -0.05) is 97.8 Å². The van der Waals surface area contributed by atoms with Crippen LogP contribution in [0.2, 0.25) is 0 Å². The molecule has 0 radical (unpaired) electrons. The zero-order valence-corrected chi connectivity index (χ0v) is 22.1. The van der Waals surface area contributed by atoms with Gasteiger partial charge < -0.3 is 9.47 Å². The molecule has 6 heteroatoms. The van der Waals surface area contributed by atoms with Crippen molar-refractivity contribution >= 4 is 23.7 Å². The SMILES string of the molecule is CCCCCCCCCCCCCCCOC(=O)[C@H](CC(C)C)N(C)C(=O)OCCCCl. The predicted molar refractivity (Wildman–Crippen MR) is 134 cm³/mol. The van der Waals surface area contributed by atoms with Crippen LogP contribution < -0.4 is 0 Å². The van der Waals surface area contributed by atoms with Gasteiger partial charge >= 0.3 is 12.1 Å². The summed E-state index contributed by atoms with van der Waals surface area (Å²) in [5, 5.41) is 0. The number of nitrogens with zero attached hydrogens (tertiary/aromatic N) is 1. The number of alkyl halides is 1. The standard InChI is InChI=1S/C26H50ClNO4/c1-5-6-7-8-9-10-11-12-13-14-15-16-17-20-31-25(29)24(22-23(2)3)28(4)26(30)32-21-18-19-27/h23-24H,5-22H2,1-4H3/t24-/m0/s1. The summed E-state index contributed by atoms with van der Waals surface area (Å²) in [7, 11) is 1.60. The molecule has 0 fully saturated rings. The molecule has 0 aliphatic carbocycles. The van der Waals surface area contributed by atoms with Crippen LogP contribution in [0.25, 0.3) is 0 Å². The number of likely N-dealkylation sites (N-methyl/N-ethyl adjacent to an activating group) is 1. The van der Waals surface area contributed by atoms with E-state index in [0.29, 0.717) is 25.3 Å². The van der Waals surface area contributed by atoms with E-state index in [0.717, 1.165) is 12.8 Å². The van der Waals surface area contributed by atoms with E-state index in [-0.39, 0.29) is 18.5 Å². The largest absolute Gasteiger partial charge is 0.464 e. The summed E-state index contributed by atoms with van der Waals surface area (Å²) in [5.41, 5.74) is 0. The first-order valence-corrected chi connectivity index (χ1v) is 13.6. The Morgan fingerprint density at radius 3 is 1.69 bits per heavy atom.